The van der Waals surface area contributed by atoms with Gasteiger partial charge in [0, 0.05) is 13.1 Å². The van der Waals surface area contributed by atoms with E-state index in [1.54, 1.807) is 0 Å². The van der Waals surface area contributed by atoms with Crippen molar-refractivity contribution in [3.05, 3.63) is 18.2 Å². The van der Waals surface area contributed by atoms with Crippen LogP contribution in [0.25, 0.3) is 0 Å². The lowest BCUT2D eigenvalue weighted by molar-refractivity contribution is 0.279. The number of anilines is 2. The molecule has 3 nitrogen and oxygen atoms in total. The number of para-hydroxylation sites is 1. The van der Waals surface area contributed by atoms with E-state index in [0.29, 0.717) is 5.41 Å². The number of hydrogen-bond acceptors (Lipinski definition) is 3. The minimum atomic E-state index is 0.460. The molecule has 0 saturated carbocycles. The van der Waals surface area contributed by atoms with Gasteiger partial charge in [-0.05, 0) is 36.8 Å². The topological polar surface area (TPSA) is 38.5 Å². The second-order valence-corrected chi connectivity index (χ2v) is 6.19. The number of rotatable bonds is 4. The average molecular weight is 262 g/mol. The molecule has 1 aliphatic heterocycles. The molecule has 0 amide bonds. The summed E-state index contributed by atoms with van der Waals surface area (Å²) in [7, 11) is 0. The molecule has 0 spiro atoms. The van der Waals surface area contributed by atoms with Crippen LogP contribution in [-0.4, -0.2) is 19.7 Å². The first kappa shape index (κ1) is 14.0. The Balaban J connectivity index is 2.12. The van der Waals surface area contributed by atoms with Gasteiger partial charge in [0.15, 0.2) is 0 Å². The highest BCUT2D eigenvalue weighted by atomic mass is 16.5. The molecule has 3 heteroatoms. The van der Waals surface area contributed by atoms with Crippen LogP contribution in [0, 0.1) is 5.41 Å². The van der Waals surface area contributed by atoms with Crippen molar-refractivity contribution in [1.29, 1.82) is 0 Å². The summed E-state index contributed by atoms with van der Waals surface area (Å²) in [6, 6.07) is 6.10. The zero-order chi connectivity index (χ0) is 13.9. The maximum absolute atomic E-state index is 6.26. The van der Waals surface area contributed by atoms with E-state index in [1.807, 2.05) is 12.1 Å². The third-order valence-corrected chi connectivity index (χ3v) is 3.96. The molecule has 2 N–H and O–H groups in total. The van der Waals surface area contributed by atoms with Crippen molar-refractivity contribution < 1.29 is 4.74 Å². The molecule has 1 aliphatic rings. The number of ether oxygens (including phenoxy) is 1. The van der Waals surface area contributed by atoms with Gasteiger partial charge >= 0.3 is 0 Å². The van der Waals surface area contributed by atoms with Crippen molar-refractivity contribution in [1.82, 2.24) is 0 Å². The monoisotopic (exact) mass is 262 g/mol. The summed E-state index contributed by atoms with van der Waals surface area (Å²) < 4.78 is 5.71. The van der Waals surface area contributed by atoms with Crippen LogP contribution in [0.4, 0.5) is 11.4 Å². The van der Waals surface area contributed by atoms with Crippen molar-refractivity contribution in [2.45, 2.75) is 40.0 Å². The number of benzene rings is 1. The fourth-order valence-electron chi connectivity index (χ4n) is 2.50. The standard InChI is InChI=1S/C16H26N2O/c1-4-12-19-14-7-5-6-13(15(14)17)18-10-8-16(2,3)9-11-18/h5-7H,4,8-12,17H2,1-3H3. The SMILES string of the molecule is CCCOc1cccc(N2CCC(C)(C)CC2)c1N. The van der Waals surface area contributed by atoms with E-state index >= 15 is 0 Å². The Morgan fingerprint density at radius 1 is 1.26 bits per heavy atom. The normalized spacial score (nSPS) is 18.4. The van der Waals surface area contributed by atoms with Crippen LogP contribution in [0.5, 0.6) is 5.75 Å². The Labute approximate surface area is 116 Å². The molecule has 1 aromatic carbocycles. The second-order valence-electron chi connectivity index (χ2n) is 6.19. The molecule has 0 aromatic heterocycles. The predicted molar refractivity (Wildman–Crippen MR) is 81.9 cm³/mol. The van der Waals surface area contributed by atoms with Crippen LogP contribution in [0.3, 0.4) is 0 Å². The maximum Gasteiger partial charge on any atom is 0.144 e. The van der Waals surface area contributed by atoms with Crippen molar-refractivity contribution in [2.75, 3.05) is 30.3 Å². The third kappa shape index (κ3) is 3.34. The molecular formula is C16H26N2O. The third-order valence-electron chi connectivity index (χ3n) is 3.96. The molecule has 0 bridgehead atoms. The molecule has 0 unspecified atom stereocenters. The molecule has 1 heterocycles. The van der Waals surface area contributed by atoms with Gasteiger partial charge in [-0.2, -0.15) is 0 Å². The molecule has 1 fully saturated rings. The summed E-state index contributed by atoms with van der Waals surface area (Å²) in [6.07, 6.45) is 3.43. The van der Waals surface area contributed by atoms with Crippen LogP contribution in [-0.2, 0) is 0 Å². The largest absolute Gasteiger partial charge is 0.491 e. The van der Waals surface area contributed by atoms with E-state index in [9.17, 15) is 0 Å². The van der Waals surface area contributed by atoms with Gasteiger partial charge in [0.2, 0.25) is 0 Å². The first-order valence-electron chi connectivity index (χ1n) is 7.30. The van der Waals surface area contributed by atoms with Crippen molar-refractivity contribution >= 4 is 11.4 Å². The average Bonchev–Trinajstić information content (AvgIpc) is 2.38. The van der Waals surface area contributed by atoms with Gasteiger partial charge in [-0.25, -0.2) is 0 Å². The molecule has 2 rings (SSSR count). The maximum atomic E-state index is 6.26. The summed E-state index contributed by atoms with van der Waals surface area (Å²) in [5, 5.41) is 0. The zero-order valence-corrected chi connectivity index (χ0v) is 12.4. The van der Waals surface area contributed by atoms with E-state index in [1.165, 1.54) is 12.8 Å². The number of nitrogen functional groups attached to an aromatic ring is 1. The molecule has 0 aliphatic carbocycles. The number of hydrogen-bond donors (Lipinski definition) is 1. The highest BCUT2D eigenvalue weighted by molar-refractivity contribution is 5.74. The van der Waals surface area contributed by atoms with E-state index in [2.05, 4.69) is 31.7 Å². The fourth-order valence-corrected chi connectivity index (χ4v) is 2.50. The minimum absolute atomic E-state index is 0.460. The number of piperidine rings is 1. The lowest BCUT2D eigenvalue weighted by Gasteiger charge is -2.38. The summed E-state index contributed by atoms with van der Waals surface area (Å²) in [5.74, 6) is 0.823. The predicted octanol–water partition coefficient (Wildman–Crippen LogP) is 3.68. The molecule has 0 radical (unpaired) electrons. The van der Waals surface area contributed by atoms with Crippen LogP contribution in [0.15, 0.2) is 18.2 Å². The van der Waals surface area contributed by atoms with E-state index in [0.717, 1.165) is 43.2 Å². The lowest BCUT2D eigenvalue weighted by Crippen LogP contribution is -2.37. The van der Waals surface area contributed by atoms with Crippen molar-refractivity contribution in [2.24, 2.45) is 5.41 Å². The van der Waals surface area contributed by atoms with Gasteiger partial charge in [-0.1, -0.05) is 26.8 Å². The molecule has 19 heavy (non-hydrogen) atoms. The molecular weight excluding hydrogens is 236 g/mol. The summed E-state index contributed by atoms with van der Waals surface area (Å²) >= 11 is 0. The highest BCUT2D eigenvalue weighted by Crippen LogP contribution is 2.37. The Hall–Kier alpha value is -1.38. The van der Waals surface area contributed by atoms with Crippen LogP contribution in [0.2, 0.25) is 0 Å². The van der Waals surface area contributed by atoms with Crippen LogP contribution < -0.4 is 15.4 Å². The second kappa shape index (κ2) is 5.72. The van der Waals surface area contributed by atoms with E-state index < -0.39 is 0 Å². The molecule has 1 saturated heterocycles. The summed E-state index contributed by atoms with van der Waals surface area (Å²) in [6.45, 7) is 9.67. The van der Waals surface area contributed by atoms with Crippen LogP contribution in [0.1, 0.15) is 40.0 Å². The number of nitrogens with zero attached hydrogens (tertiary/aromatic N) is 1. The first-order chi connectivity index (χ1) is 9.03. The summed E-state index contributed by atoms with van der Waals surface area (Å²) in [5.41, 5.74) is 8.63. The van der Waals surface area contributed by atoms with E-state index in [4.69, 9.17) is 10.5 Å². The van der Waals surface area contributed by atoms with Gasteiger partial charge in [0.1, 0.15) is 5.75 Å². The minimum Gasteiger partial charge on any atom is -0.491 e. The first-order valence-corrected chi connectivity index (χ1v) is 7.30. The Kier molecular flexibility index (Phi) is 4.23. The lowest BCUT2D eigenvalue weighted by atomic mass is 9.82. The van der Waals surface area contributed by atoms with Crippen LogP contribution >= 0.6 is 0 Å². The molecule has 106 valence electrons. The Morgan fingerprint density at radius 3 is 2.58 bits per heavy atom. The molecule has 1 aromatic rings. The quantitative estimate of drug-likeness (QED) is 0.841. The smallest absolute Gasteiger partial charge is 0.144 e. The van der Waals surface area contributed by atoms with Crippen molar-refractivity contribution in [3.8, 4) is 5.75 Å². The highest BCUT2D eigenvalue weighted by Gasteiger charge is 2.26. The summed E-state index contributed by atoms with van der Waals surface area (Å²) in [4.78, 5) is 2.39. The fraction of sp³-hybridized carbons (Fsp3) is 0.625. The zero-order valence-electron chi connectivity index (χ0n) is 12.4. The van der Waals surface area contributed by atoms with E-state index in [-0.39, 0.29) is 0 Å². The van der Waals surface area contributed by atoms with Gasteiger partial charge in [0.05, 0.1) is 18.0 Å². The number of nitrogens with two attached hydrogens (primary N) is 1. The molecule has 0 atom stereocenters. The van der Waals surface area contributed by atoms with Gasteiger partial charge in [-0.3, -0.25) is 0 Å². The van der Waals surface area contributed by atoms with Gasteiger partial charge < -0.3 is 15.4 Å². The van der Waals surface area contributed by atoms with Gasteiger partial charge in [0.25, 0.3) is 0 Å². The Morgan fingerprint density at radius 2 is 1.95 bits per heavy atom. The van der Waals surface area contributed by atoms with Crippen molar-refractivity contribution in [3.63, 3.8) is 0 Å². The van der Waals surface area contributed by atoms with Gasteiger partial charge in [-0.15, -0.1) is 0 Å². The Bertz CT molecular complexity index is 419.